The Kier molecular flexibility index (Phi) is 3.80. The summed E-state index contributed by atoms with van der Waals surface area (Å²) in [5.74, 6) is -1.28. The number of carboxylic acids is 1. The van der Waals surface area contributed by atoms with Crippen molar-refractivity contribution in [1.82, 2.24) is 9.88 Å². The zero-order valence-electron chi connectivity index (χ0n) is 12.0. The Bertz CT molecular complexity index is 661. The van der Waals surface area contributed by atoms with Crippen molar-refractivity contribution >= 4 is 11.9 Å². The number of carboxylic acid groups (broad SMARTS) is 1. The van der Waals surface area contributed by atoms with Crippen LogP contribution in [0, 0.1) is 0 Å². The third-order valence-electron chi connectivity index (χ3n) is 3.41. The molecule has 1 N–H and O–H groups in total. The molecule has 0 saturated heterocycles. The third kappa shape index (κ3) is 2.79. The number of aliphatic carboxylic acids is 1. The van der Waals surface area contributed by atoms with Crippen LogP contribution >= 0.6 is 0 Å². The van der Waals surface area contributed by atoms with E-state index in [4.69, 9.17) is 9.52 Å². The molecule has 2 rings (SSSR count). The predicted molar refractivity (Wildman–Crippen MR) is 75.7 cm³/mol. The highest BCUT2D eigenvalue weighted by Gasteiger charge is 2.36. The Balaban J connectivity index is 2.26. The predicted octanol–water partition coefficient (Wildman–Crippen LogP) is 2.28. The standard InChI is InChI=1S/C15H16N2O4/c1-15(2,14(19)20)17(3)13(18)11-9-21-12(16-11)10-7-5-4-6-8-10/h4-9H,1-3H3,(H,19,20). The van der Waals surface area contributed by atoms with Gasteiger partial charge in [0.25, 0.3) is 5.91 Å². The normalized spacial score (nSPS) is 11.2. The van der Waals surface area contributed by atoms with Gasteiger partial charge in [-0.1, -0.05) is 18.2 Å². The largest absolute Gasteiger partial charge is 0.480 e. The lowest BCUT2D eigenvalue weighted by Crippen LogP contribution is -2.50. The highest BCUT2D eigenvalue weighted by Crippen LogP contribution is 2.20. The van der Waals surface area contributed by atoms with Gasteiger partial charge in [-0.2, -0.15) is 0 Å². The summed E-state index contributed by atoms with van der Waals surface area (Å²) >= 11 is 0. The summed E-state index contributed by atoms with van der Waals surface area (Å²) in [4.78, 5) is 28.7. The van der Waals surface area contributed by atoms with E-state index < -0.39 is 17.4 Å². The number of oxazole rings is 1. The van der Waals surface area contributed by atoms with Crippen molar-refractivity contribution in [1.29, 1.82) is 0 Å². The average molecular weight is 288 g/mol. The molecule has 110 valence electrons. The van der Waals surface area contributed by atoms with E-state index in [0.717, 1.165) is 10.5 Å². The minimum atomic E-state index is -1.33. The van der Waals surface area contributed by atoms with E-state index in [2.05, 4.69) is 4.98 Å². The molecular formula is C15H16N2O4. The minimum absolute atomic E-state index is 0.0747. The Labute approximate surface area is 122 Å². The lowest BCUT2D eigenvalue weighted by Gasteiger charge is -2.30. The molecule has 6 heteroatoms. The van der Waals surface area contributed by atoms with Crippen molar-refractivity contribution in [2.24, 2.45) is 0 Å². The number of carbonyl (C=O) groups excluding carboxylic acids is 1. The van der Waals surface area contributed by atoms with Gasteiger partial charge in [0, 0.05) is 12.6 Å². The molecule has 0 aliphatic carbocycles. The molecule has 0 bridgehead atoms. The molecule has 1 aromatic heterocycles. The monoisotopic (exact) mass is 288 g/mol. The molecule has 0 atom stereocenters. The lowest BCUT2D eigenvalue weighted by molar-refractivity contribution is -0.147. The van der Waals surface area contributed by atoms with Crippen LogP contribution in [0.3, 0.4) is 0 Å². The molecule has 21 heavy (non-hydrogen) atoms. The summed E-state index contributed by atoms with van der Waals surface area (Å²) in [5, 5.41) is 9.15. The van der Waals surface area contributed by atoms with Gasteiger partial charge in [-0.3, -0.25) is 4.79 Å². The van der Waals surface area contributed by atoms with Crippen LogP contribution < -0.4 is 0 Å². The summed E-state index contributed by atoms with van der Waals surface area (Å²) < 4.78 is 5.29. The molecular weight excluding hydrogens is 272 g/mol. The molecule has 1 heterocycles. The Morgan fingerprint density at radius 1 is 1.24 bits per heavy atom. The fraction of sp³-hybridized carbons (Fsp3) is 0.267. The van der Waals surface area contributed by atoms with Crippen LogP contribution in [0.5, 0.6) is 0 Å². The van der Waals surface area contributed by atoms with Crippen LogP contribution in [0.4, 0.5) is 0 Å². The maximum atomic E-state index is 12.3. The second-order valence-electron chi connectivity index (χ2n) is 5.13. The molecule has 1 aromatic carbocycles. The van der Waals surface area contributed by atoms with Crippen molar-refractivity contribution in [3.63, 3.8) is 0 Å². The van der Waals surface area contributed by atoms with Gasteiger partial charge < -0.3 is 14.4 Å². The first-order valence-electron chi connectivity index (χ1n) is 6.36. The molecule has 0 aliphatic heterocycles. The van der Waals surface area contributed by atoms with Crippen molar-refractivity contribution in [3.8, 4) is 11.5 Å². The Morgan fingerprint density at radius 2 is 1.86 bits per heavy atom. The summed E-state index contributed by atoms with van der Waals surface area (Å²) in [6.45, 7) is 2.90. The quantitative estimate of drug-likeness (QED) is 0.933. The third-order valence-corrected chi connectivity index (χ3v) is 3.41. The number of benzene rings is 1. The molecule has 2 aromatic rings. The van der Waals surface area contributed by atoms with E-state index in [9.17, 15) is 9.59 Å². The number of likely N-dealkylation sites (N-methyl/N-ethyl adjacent to an activating group) is 1. The van der Waals surface area contributed by atoms with Crippen LogP contribution in [0.2, 0.25) is 0 Å². The summed E-state index contributed by atoms with van der Waals surface area (Å²) in [6.07, 6.45) is 1.24. The number of amides is 1. The van der Waals surface area contributed by atoms with Gasteiger partial charge in [0.05, 0.1) is 0 Å². The molecule has 0 saturated carbocycles. The lowest BCUT2D eigenvalue weighted by atomic mass is 10.0. The summed E-state index contributed by atoms with van der Waals surface area (Å²) in [5.41, 5.74) is -0.509. The van der Waals surface area contributed by atoms with Gasteiger partial charge in [-0.05, 0) is 26.0 Å². The number of nitrogens with zero attached hydrogens (tertiary/aromatic N) is 2. The van der Waals surface area contributed by atoms with Crippen LogP contribution in [-0.4, -0.2) is 39.5 Å². The van der Waals surface area contributed by atoms with E-state index in [-0.39, 0.29) is 5.69 Å². The molecule has 0 aliphatic rings. The molecule has 6 nitrogen and oxygen atoms in total. The molecule has 0 fully saturated rings. The van der Waals surface area contributed by atoms with Crippen LogP contribution in [0.15, 0.2) is 41.0 Å². The van der Waals surface area contributed by atoms with Crippen molar-refractivity contribution in [2.45, 2.75) is 19.4 Å². The Morgan fingerprint density at radius 3 is 2.43 bits per heavy atom. The fourth-order valence-electron chi connectivity index (χ4n) is 1.65. The van der Waals surface area contributed by atoms with E-state index in [1.165, 1.54) is 27.2 Å². The first kappa shape index (κ1) is 14.8. The Hall–Kier alpha value is -2.63. The smallest absolute Gasteiger partial charge is 0.329 e. The SMILES string of the molecule is CN(C(=O)c1coc(-c2ccccc2)n1)C(C)(C)C(=O)O. The highest BCUT2D eigenvalue weighted by molar-refractivity contribution is 5.96. The summed E-state index contributed by atoms with van der Waals surface area (Å²) in [6, 6.07) is 9.15. The average Bonchev–Trinajstić information content (AvgIpc) is 2.96. The second kappa shape index (κ2) is 5.40. The number of aromatic nitrogens is 1. The maximum absolute atomic E-state index is 12.3. The number of rotatable bonds is 4. The maximum Gasteiger partial charge on any atom is 0.329 e. The van der Waals surface area contributed by atoms with Crippen LogP contribution in [0.1, 0.15) is 24.3 Å². The van der Waals surface area contributed by atoms with E-state index in [1.807, 2.05) is 30.3 Å². The first-order valence-corrected chi connectivity index (χ1v) is 6.36. The van der Waals surface area contributed by atoms with Crippen molar-refractivity contribution in [3.05, 3.63) is 42.3 Å². The van der Waals surface area contributed by atoms with Gasteiger partial charge in [0.15, 0.2) is 5.69 Å². The van der Waals surface area contributed by atoms with Gasteiger partial charge in [0.2, 0.25) is 5.89 Å². The van der Waals surface area contributed by atoms with Gasteiger partial charge in [0.1, 0.15) is 11.8 Å². The molecule has 0 unspecified atom stereocenters. The minimum Gasteiger partial charge on any atom is -0.480 e. The molecule has 0 radical (unpaired) electrons. The second-order valence-corrected chi connectivity index (χ2v) is 5.13. The van der Waals surface area contributed by atoms with Crippen molar-refractivity contribution in [2.75, 3.05) is 7.05 Å². The van der Waals surface area contributed by atoms with Gasteiger partial charge in [-0.25, -0.2) is 9.78 Å². The van der Waals surface area contributed by atoms with Crippen LogP contribution in [0.25, 0.3) is 11.5 Å². The van der Waals surface area contributed by atoms with Crippen molar-refractivity contribution < 1.29 is 19.1 Å². The molecule has 0 spiro atoms. The van der Waals surface area contributed by atoms with E-state index >= 15 is 0 Å². The van der Waals surface area contributed by atoms with E-state index in [1.54, 1.807) is 0 Å². The van der Waals surface area contributed by atoms with E-state index in [0.29, 0.717) is 5.89 Å². The number of hydrogen-bond acceptors (Lipinski definition) is 4. The zero-order valence-corrected chi connectivity index (χ0v) is 12.0. The zero-order chi connectivity index (χ0) is 15.6. The first-order chi connectivity index (χ1) is 9.84. The van der Waals surface area contributed by atoms with Gasteiger partial charge in [-0.15, -0.1) is 0 Å². The number of hydrogen-bond donors (Lipinski definition) is 1. The molecule has 1 amide bonds. The topological polar surface area (TPSA) is 83.6 Å². The highest BCUT2D eigenvalue weighted by atomic mass is 16.4. The number of carbonyl (C=O) groups is 2. The van der Waals surface area contributed by atoms with Gasteiger partial charge >= 0.3 is 5.97 Å². The van der Waals surface area contributed by atoms with Crippen LogP contribution in [-0.2, 0) is 4.79 Å². The fourth-order valence-corrected chi connectivity index (χ4v) is 1.65. The summed E-state index contributed by atoms with van der Waals surface area (Å²) in [7, 11) is 1.42.